The summed E-state index contributed by atoms with van der Waals surface area (Å²) in [6.45, 7) is 1.39. The third-order valence-electron chi connectivity index (χ3n) is 3.73. The molecule has 3 rings (SSSR count). The molecule has 8 heteroatoms. The van der Waals surface area contributed by atoms with Crippen LogP contribution in [0.2, 0.25) is 0 Å². The van der Waals surface area contributed by atoms with Crippen molar-refractivity contribution in [1.29, 1.82) is 5.26 Å². The summed E-state index contributed by atoms with van der Waals surface area (Å²) in [6, 6.07) is 11.6. The molecule has 0 aliphatic heterocycles. The molecule has 0 atom stereocenters. The quantitative estimate of drug-likeness (QED) is 0.555. The van der Waals surface area contributed by atoms with E-state index >= 15 is 0 Å². The van der Waals surface area contributed by atoms with E-state index in [1.807, 2.05) is 19.2 Å². The number of halogens is 1. The van der Waals surface area contributed by atoms with Gasteiger partial charge in [-0.2, -0.15) is 10.2 Å². The fourth-order valence-electron chi connectivity index (χ4n) is 2.41. The molecule has 2 aromatic heterocycles. The molecule has 0 fully saturated rings. The maximum Gasteiger partial charge on any atom is 0.229 e. The lowest BCUT2D eigenvalue weighted by Gasteiger charge is -2.13. The Morgan fingerprint density at radius 2 is 2.00 bits per heavy atom. The van der Waals surface area contributed by atoms with Gasteiger partial charge >= 0.3 is 0 Å². The molecule has 0 amide bonds. The Balaban J connectivity index is 1.89. The molecule has 3 aromatic rings. The van der Waals surface area contributed by atoms with E-state index in [-0.39, 0.29) is 5.82 Å². The molecule has 0 radical (unpaired) electrons. The Morgan fingerprint density at radius 3 is 2.70 bits per heavy atom. The number of nitrogens with zero attached hydrogens (tertiary/aromatic N) is 4. The number of nitrogens with one attached hydrogen (secondary N) is 3. The highest BCUT2D eigenvalue weighted by Gasteiger charge is 2.10. The normalized spacial score (nSPS) is 10.3. The number of nitriles is 1. The van der Waals surface area contributed by atoms with Crippen molar-refractivity contribution in [2.24, 2.45) is 0 Å². The van der Waals surface area contributed by atoms with Gasteiger partial charge in [0.25, 0.3) is 0 Å². The van der Waals surface area contributed by atoms with Crippen LogP contribution in [-0.4, -0.2) is 35.1 Å². The van der Waals surface area contributed by atoms with Crippen LogP contribution in [0.4, 0.5) is 21.8 Å². The first-order chi connectivity index (χ1) is 13.2. The van der Waals surface area contributed by atoms with Crippen molar-refractivity contribution in [2.75, 3.05) is 30.8 Å². The number of hydrogen-bond donors (Lipinski definition) is 3. The minimum Gasteiger partial charge on any atom is -0.368 e. The molecule has 0 aliphatic carbocycles. The Kier molecular flexibility index (Phi) is 5.87. The minimum absolute atomic E-state index is 0.320. The molecule has 0 saturated heterocycles. The van der Waals surface area contributed by atoms with E-state index in [1.165, 1.54) is 18.3 Å². The molecular weight excluding hydrogens is 345 g/mol. The molecule has 2 heterocycles. The minimum atomic E-state index is -0.320. The third-order valence-corrected chi connectivity index (χ3v) is 3.73. The van der Waals surface area contributed by atoms with Crippen LogP contribution in [0.3, 0.4) is 0 Å². The summed E-state index contributed by atoms with van der Waals surface area (Å²) in [5, 5.41) is 18.2. The van der Waals surface area contributed by atoms with Gasteiger partial charge in [-0.1, -0.05) is 12.1 Å². The van der Waals surface area contributed by atoms with Gasteiger partial charge in [-0.3, -0.25) is 0 Å². The first-order valence-corrected chi connectivity index (χ1v) is 8.34. The second-order valence-corrected chi connectivity index (χ2v) is 5.67. The van der Waals surface area contributed by atoms with Gasteiger partial charge in [-0.25, -0.2) is 14.4 Å². The number of aromatic nitrogens is 3. The van der Waals surface area contributed by atoms with E-state index in [2.05, 4.69) is 30.9 Å². The molecule has 136 valence electrons. The number of hydrogen-bond acceptors (Lipinski definition) is 7. The molecular formula is C19H18FN7. The highest BCUT2D eigenvalue weighted by molar-refractivity contribution is 5.75. The Morgan fingerprint density at radius 1 is 1.11 bits per heavy atom. The molecule has 3 N–H and O–H groups in total. The summed E-state index contributed by atoms with van der Waals surface area (Å²) >= 11 is 0. The summed E-state index contributed by atoms with van der Waals surface area (Å²) in [7, 11) is 1.86. The van der Waals surface area contributed by atoms with Crippen molar-refractivity contribution in [3.63, 3.8) is 0 Å². The highest BCUT2D eigenvalue weighted by Crippen LogP contribution is 2.27. The summed E-state index contributed by atoms with van der Waals surface area (Å²) in [4.78, 5) is 12.8. The van der Waals surface area contributed by atoms with Crippen molar-refractivity contribution >= 4 is 17.5 Å². The van der Waals surface area contributed by atoms with Gasteiger partial charge in [0, 0.05) is 24.8 Å². The molecule has 0 unspecified atom stereocenters. The van der Waals surface area contributed by atoms with Crippen molar-refractivity contribution in [3.05, 3.63) is 60.3 Å². The SMILES string of the molecule is CNCCNc1nc(Nc2ccc(C#N)nc2)ncc1-c1cccc(F)c1. The van der Waals surface area contributed by atoms with Crippen LogP contribution >= 0.6 is 0 Å². The van der Waals surface area contributed by atoms with Crippen LogP contribution in [0.15, 0.2) is 48.8 Å². The average Bonchev–Trinajstić information content (AvgIpc) is 2.69. The van der Waals surface area contributed by atoms with E-state index < -0.39 is 0 Å². The van der Waals surface area contributed by atoms with Gasteiger partial charge in [0.1, 0.15) is 23.4 Å². The monoisotopic (exact) mass is 363 g/mol. The van der Waals surface area contributed by atoms with Crippen LogP contribution in [0.25, 0.3) is 11.1 Å². The highest BCUT2D eigenvalue weighted by atomic mass is 19.1. The smallest absolute Gasteiger partial charge is 0.229 e. The predicted octanol–water partition coefficient (Wildman–Crippen LogP) is 2.92. The zero-order valence-electron chi connectivity index (χ0n) is 14.7. The first-order valence-electron chi connectivity index (χ1n) is 8.34. The van der Waals surface area contributed by atoms with E-state index in [4.69, 9.17) is 5.26 Å². The van der Waals surface area contributed by atoms with Gasteiger partial charge in [-0.05, 0) is 36.9 Å². The zero-order valence-corrected chi connectivity index (χ0v) is 14.7. The Hall–Kier alpha value is -3.57. The number of likely N-dealkylation sites (N-methyl/N-ethyl adjacent to an activating group) is 1. The topological polar surface area (TPSA) is 98.6 Å². The van der Waals surface area contributed by atoms with E-state index in [1.54, 1.807) is 24.4 Å². The lowest BCUT2D eigenvalue weighted by atomic mass is 10.1. The van der Waals surface area contributed by atoms with Crippen LogP contribution in [0.5, 0.6) is 0 Å². The maximum atomic E-state index is 13.6. The van der Waals surface area contributed by atoms with Crippen LogP contribution in [0.1, 0.15) is 5.69 Å². The summed E-state index contributed by atoms with van der Waals surface area (Å²) in [6.07, 6.45) is 3.18. The maximum absolute atomic E-state index is 13.6. The number of anilines is 3. The lowest BCUT2D eigenvalue weighted by Crippen LogP contribution is -2.19. The standard InChI is InChI=1S/C19H18FN7/c1-22-7-8-23-18-17(13-3-2-4-14(20)9-13)12-25-19(27-18)26-16-6-5-15(10-21)24-11-16/h2-6,9,11-12,22H,7-8H2,1H3,(H2,23,25,26,27). The molecule has 0 aliphatic rings. The number of benzene rings is 1. The van der Waals surface area contributed by atoms with Crippen molar-refractivity contribution in [2.45, 2.75) is 0 Å². The molecule has 1 aromatic carbocycles. The number of rotatable bonds is 7. The fourth-order valence-corrected chi connectivity index (χ4v) is 2.41. The average molecular weight is 363 g/mol. The van der Waals surface area contributed by atoms with Gasteiger partial charge in [0.15, 0.2) is 0 Å². The van der Waals surface area contributed by atoms with E-state index in [9.17, 15) is 4.39 Å². The Labute approximate surface area is 156 Å². The van der Waals surface area contributed by atoms with Gasteiger partial charge in [-0.15, -0.1) is 0 Å². The van der Waals surface area contributed by atoms with Crippen molar-refractivity contribution in [1.82, 2.24) is 20.3 Å². The Bertz CT molecular complexity index is 951. The van der Waals surface area contributed by atoms with Gasteiger partial charge < -0.3 is 16.0 Å². The van der Waals surface area contributed by atoms with Crippen LogP contribution in [0, 0.1) is 17.1 Å². The second kappa shape index (κ2) is 8.69. The fraction of sp³-hybridized carbons (Fsp3) is 0.158. The second-order valence-electron chi connectivity index (χ2n) is 5.67. The van der Waals surface area contributed by atoms with Crippen LogP contribution < -0.4 is 16.0 Å². The van der Waals surface area contributed by atoms with Crippen molar-refractivity contribution in [3.8, 4) is 17.2 Å². The molecule has 7 nitrogen and oxygen atoms in total. The molecule has 27 heavy (non-hydrogen) atoms. The van der Waals surface area contributed by atoms with Gasteiger partial charge in [0.05, 0.1) is 11.9 Å². The molecule has 0 bridgehead atoms. The zero-order chi connectivity index (χ0) is 19.1. The number of pyridine rings is 1. The van der Waals surface area contributed by atoms with Crippen LogP contribution in [-0.2, 0) is 0 Å². The first kappa shape index (κ1) is 18.2. The molecule has 0 saturated carbocycles. The molecule has 0 spiro atoms. The van der Waals surface area contributed by atoms with Gasteiger partial charge in [0.2, 0.25) is 5.95 Å². The van der Waals surface area contributed by atoms with E-state index in [0.717, 1.165) is 6.54 Å². The summed E-state index contributed by atoms with van der Waals surface area (Å²) in [5.41, 5.74) is 2.38. The summed E-state index contributed by atoms with van der Waals surface area (Å²) in [5.74, 6) is 0.642. The largest absolute Gasteiger partial charge is 0.368 e. The van der Waals surface area contributed by atoms with E-state index in [0.29, 0.717) is 40.8 Å². The predicted molar refractivity (Wildman–Crippen MR) is 102 cm³/mol. The summed E-state index contributed by atoms with van der Waals surface area (Å²) < 4.78 is 13.6. The van der Waals surface area contributed by atoms with Crippen molar-refractivity contribution < 1.29 is 4.39 Å². The lowest BCUT2D eigenvalue weighted by molar-refractivity contribution is 0.628. The third kappa shape index (κ3) is 4.74.